The van der Waals surface area contributed by atoms with Gasteiger partial charge in [0.2, 0.25) is 5.91 Å². The molecule has 1 aliphatic heterocycles. The normalized spacial score (nSPS) is 21.0. The minimum Gasteiger partial charge on any atom is -0.464 e. The predicted octanol–water partition coefficient (Wildman–Crippen LogP) is 1.32. The molecule has 0 aromatic carbocycles. The third-order valence-electron chi connectivity index (χ3n) is 3.60. The van der Waals surface area contributed by atoms with E-state index in [-0.39, 0.29) is 17.9 Å². The van der Waals surface area contributed by atoms with Crippen molar-refractivity contribution in [2.75, 3.05) is 19.7 Å². The number of esters is 1. The van der Waals surface area contributed by atoms with Crippen molar-refractivity contribution in [2.24, 2.45) is 0 Å². The smallest absolute Gasteiger partial charge is 0.328 e. The number of nitrogens with one attached hydrogen (secondary N) is 1. The zero-order valence-corrected chi connectivity index (χ0v) is 12.3. The van der Waals surface area contributed by atoms with E-state index in [1.165, 1.54) is 0 Å². The lowest BCUT2D eigenvalue weighted by molar-refractivity contribution is -0.156. The molecule has 1 amide bonds. The number of likely N-dealkylation sites (tertiary alicyclic amines) is 1. The molecule has 0 aromatic rings. The molecule has 0 aliphatic carbocycles. The fourth-order valence-corrected chi connectivity index (χ4v) is 2.22. The Morgan fingerprint density at radius 1 is 1.37 bits per heavy atom. The molecule has 1 fully saturated rings. The molecule has 1 N–H and O–H groups in total. The highest BCUT2D eigenvalue weighted by atomic mass is 16.5. The number of carbonyl (C=O) groups excluding carboxylic acids is 2. The van der Waals surface area contributed by atoms with Gasteiger partial charge in [-0.15, -0.1) is 0 Å². The van der Waals surface area contributed by atoms with Crippen molar-refractivity contribution in [3.8, 4) is 0 Å². The second-order valence-electron chi connectivity index (χ2n) is 5.04. The summed E-state index contributed by atoms with van der Waals surface area (Å²) < 4.78 is 5.06. The van der Waals surface area contributed by atoms with E-state index in [1.54, 1.807) is 11.8 Å². The maximum atomic E-state index is 12.2. The second kappa shape index (κ2) is 8.15. The summed E-state index contributed by atoms with van der Waals surface area (Å²) in [5.74, 6) is -0.267. The molecule has 1 aliphatic rings. The van der Waals surface area contributed by atoms with Crippen LogP contribution < -0.4 is 5.32 Å². The van der Waals surface area contributed by atoms with E-state index in [4.69, 9.17) is 4.74 Å². The average Bonchev–Trinajstić information content (AvgIpc) is 2.44. The maximum absolute atomic E-state index is 12.2. The van der Waals surface area contributed by atoms with Crippen molar-refractivity contribution in [2.45, 2.75) is 58.5 Å². The van der Waals surface area contributed by atoms with Gasteiger partial charge in [-0.2, -0.15) is 0 Å². The third kappa shape index (κ3) is 4.82. The van der Waals surface area contributed by atoms with Crippen LogP contribution in [0.1, 0.15) is 46.5 Å². The van der Waals surface area contributed by atoms with Gasteiger partial charge in [-0.1, -0.05) is 6.92 Å². The summed E-state index contributed by atoms with van der Waals surface area (Å²) in [6.07, 6.45) is 3.64. The predicted molar refractivity (Wildman–Crippen MR) is 73.7 cm³/mol. The van der Waals surface area contributed by atoms with Gasteiger partial charge in [0.05, 0.1) is 13.2 Å². The molecule has 2 atom stereocenters. The number of amides is 1. The Bertz CT molecular complexity index is 307. The summed E-state index contributed by atoms with van der Waals surface area (Å²) in [5, 5.41) is 3.18. The van der Waals surface area contributed by atoms with Crippen molar-refractivity contribution in [1.29, 1.82) is 0 Å². The molecule has 0 saturated carbocycles. The summed E-state index contributed by atoms with van der Waals surface area (Å²) in [6.45, 7) is 7.23. The molecule has 1 rings (SSSR count). The highest BCUT2D eigenvalue weighted by Crippen LogP contribution is 2.18. The van der Waals surface area contributed by atoms with Gasteiger partial charge < -0.3 is 15.0 Å². The standard InChI is InChI=1S/C14H26N2O3/c1-4-11(3)15-10-13(17)16-9-7-6-8-12(16)14(18)19-5-2/h11-12,15H,4-10H2,1-3H3. The van der Waals surface area contributed by atoms with Crippen molar-refractivity contribution in [3.05, 3.63) is 0 Å². The van der Waals surface area contributed by atoms with Crippen molar-refractivity contribution in [1.82, 2.24) is 10.2 Å². The van der Waals surface area contributed by atoms with Crippen molar-refractivity contribution >= 4 is 11.9 Å². The highest BCUT2D eigenvalue weighted by molar-refractivity contribution is 5.85. The number of hydrogen-bond acceptors (Lipinski definition) is 4. The first-order valence-electron chi connectivity index (χ1n) is 7.29. The monoisotopic (exact) mass is 270 g/mol. The van der Waals surface area contributed by atoms with Crippen molar-refractivity contribution < 1.29 is 14.3 Å². The van der Waals surface area contributed by atoms with Crippen LogP contribution in [0.5, 0.6) is 0 Å². The fraction of sp³-hybridized carbons (Fsp3) is 0.857. The molecule has 19 heavy (non-hydrogen) atoms. The van der Waals surface area contributed by atoms with E-state index in [0.29, 0.717) is 32.2 Å². The van der Waals surface area contributed by atoms with Gasteiger partial charge in [-0.05, 0) is 39.5 Å². The van der Waals surface area contributed by atoms with E-state index in [0.717, 1.165) is 19.3 Å². The first kappa shape index (κ1) is 16.0. The van der Waals surface area contributed by atoms with Gasteiger partial charge in [-0.3, -0.25) is 4.79 Å². The number of ether oxygens (including phenoxy) is 1. The molecule has 0 radical (unpaired) electrons. The lowest BCUT2D eigenvalue weighted by Crippen LogP contribution is -2.51. The van der Waals surface area contributed by atoms with Crippen LogP contribution in [-0.2, 0) is 14.3 Å². The van der Waals surface area contributed by atoms with E-state index < -0.39 is 0 Å². The van der Waals surface area contributed by atoms with E-state index in [9.17, 15) is 9.59 Å². The van der Waals surface area contributed by atoms with E-state index >= 15 is 0 Å². The third-order valence-corrected chi connectivity index (χ3v) is 3.60. The molecule has 0 bridgehead atoms. The lowest BCUT2D eigenvalue weighted by atomic mass is 10.0. The van der Waals surface area contributed by atoms with E-state index in [1.807, 2.05) is 6.92 Å². The van der Waals surface area contributed by atoms with Crippen LogP contribution in [0.15, 0.2) is 0 Å². The molecule has 5 heteroatoms. The zero-order chi connectivity index (χ0) is 14.3. The van der Waals surface area contributed by atoms with Crippen LogP contribution in [0.3, 0.4) is 0 Å². The molecule has 1 heterocycles. The summed E-state index contributed by atoms with van der Waals surface area (Å²) in [7, 11) is 0. The largest absolute Gasteiger partial charge is 0.464 e. The maximum Gasteiger partial charge on any atom is 0.328 e. The van der Waals surface area contributed by atoms with Crippen LogP contribution in [0, 0.1) is 0 Å². The molecular weight excluding hydrogens is 244 g/mol. The molecule has 2 unspecified atom stereocenters. The summed E-state index contributed by atoms with van der Waals surface area (Å²) in [5.41, 5.74) is 0. The summed E-state index contributed by atoms with van der Waals surface area (Å²) in [4.78, 5) is 25.7. The number of rotatable bonds is 6. The van der Waals surface area contributed by atoms with Crippen LogP contribution in [0.4, 0.5) is 0 Å². The number of carbonyl (C=O) groups is 2. The van der Waals surface area contributed by atoms with Crippen LogP contribution in [-0.4, -0.2) is 48.6 Å². The Morgan fingerprint density at radius 2 is 2.11 bits per heavy atom. The Kier molecular flexibility index (Phi) is 6.84. The first-order valence-corrected chi connectivity index (χ1v) is 7.29. The molecule has 0 aromatic heterocycles. The van der Waals surface area contributed by atoms with Gasteiger partial charge in [0, 0.05) is 12.6 Å². The van der Waals surface area contributed by atoms with E-state index in [2.05, 4.69) is 12.2 Å². The Balaban J connectivity index is 2.55. The highest BCUT2D eigenvalue weighted by Gasteiger charge is 2.32. The zero-order valence-electron chi connectivity index (χ0n) is 12.3. The van der Waals surface area contributed by atoms with Gasteiger partial charge >= 0.3 is 5.97 Å². The van der Waals surface area contributed by atoms with Gasteiger partial charge in [0.1, 0.15) is 6.04 Å². The number of nitrogens with zero attached hydrogens (tertiary/aromatic N) is 1. The van der Waals surface area contributed by atoms with Crippen molar-refractivity contribution in [3.63, 3.8) is 0 Å². The van der Waals surface area contributed by atoms with Crippen LogP contribution >= 0.6 is 0 Å². The van der Waals surface area contributed by atoms with Gasteiger partial charge in [0.15, 0.2) is 0 Å². The summed E-state index contributed by atoms with van der Waals surface area (Å²) >= 11 is 0. The Morgan fingerprint density at radius 3 is 2.74 bits per heavy atom. The summed E-state index contributed by atoms with van der Waals surface area (Å²) in [6, 6.07) is -0.0743. The minimum atomic E-state index is -0.389. The van der Waals surface area contributed by atoms with Gasteiger partial charge in [-0.25, -0.2) is 4.79 Å². The minimum absolute atomic E-state index is 0.00180. The van der Waals surface area contributed by atoms with Crippen LogP contribution in [0.25, 0.3) is 0 Å². The molecule has 1 saturated heterocycles. The SMILES string of the molecule is CCOC(=O)C1CCCCN1C(=O)CNC(C)CC. The quantitative estimate of drug-likeness (QED) is 0.740. The molecule has 5 nitrogen and oxygen atoms in total. The van der Waals surface area contributed by atoms with Crippen LogP contribution in [0.2, 0.25) is 0 Å². The lowest BCUT2D eigenvalue weighted by Gasteiger charge is -2.34. The topological polar surface area (TPSA) is 58.6 Å². The molecule has 110 valence electrons. The second-order valence-corrected chi connectivity index (χ2v) is 5.04. The molecule has 0 spiro atoms. The fourth-order valence-electron chi connectivity index (χ4n) is 2.22. The van der Waals surface area contributed by atoms with Gasteiger partial charge in [0.25, 0.3) is 0 Å². The number of piperidine rings is 1. The number of hydrogen-bond donors (Lipinski definition) is 1. The Hall–Kier alpha value is -1.10. The average molecular weight is 270 g/mol. The molecular formula is C14H26N2O3. The first-order chi connectivity index (χ1) is 9.10. The Labute approximate surface area is 115 Å².